The molecule has 0 saturated carbocycles. The molecule has 1 aromatic carbocycles. The molecule has 0 atom stereocenters. The van der Waals surface area contributed by atoms with Gasteiger partial charge in [0.2, 0.25) is 0 Å². The van der Waals surface area contributed by atoms with Crippen LogP contribution in [0.25, 0.3) is 28.0 Å². The standard InChI is InChI=1S/C19H15N3/c1-14-10-16(15-5-7-20-8-6-15)12-17(11-14)18-13-22-9-3-2-4-19(22)21-18/h2-13H,1H3. The lowest BCUT2D eigenvalue weighted by molar-refractivity contribution is 1.19. The third-order valence-electron chi connectivity index (χ3n) is 3.75. The zero-order valence-electron chi connectivity index (χ0n) is 12.3. The van der Waals surface area contributed by atoms with Gasteiger partial charge in [0, 0.05) is 30.4 Å². The normalized spacial score (nSPS) is 11.0. The second-order valence-corrected chi connectivity index (χ2v) is 5.42. The van der Waals surface area contributed by atoms with Crippen molar-refractivity contribution in [3.05, 3.63) is 78.9 Å². The van der Waals surface area contributed by atoms with E-state index in [2.05, 4.69) is 36.3 Å². The van der Waals surface area contributed by atoms with Crippen molar-refractivity contribution in [1.82, 2.24) is 14.4 Å². The average Bonchev–Trinajstić information content (AvgIpc) is 2.99. The minimum atomic E-state index is 0.962. The molecule has 4 rings (SSSR count). The molecule has 0 amide bonds. The highest BCUT2D eigenvalue weighted by molar-refractivity contribution is 5.73. The molecule has 0 aliphatic heterocycles. The molecule has 3 aromatic heterocycles. The minimum absolute atomic E-state index is 0.962. The van der Waals surface area contributed by atoms with E-state index in [0.717, 1.165) is 16.9 Å². The lowest BCUT2D eigenvalue weighted by atomic mass is 10.00. The van der Waals surface area contributed by atoms with Crippen molar-refractivity contribution in [3.8, 4) is 22.4 Å². The molecule has 0 bridgehead atoms. The van der Waals surface area contributed by atoms with E-state index in [4.69, 9.17) is 4.98 Å². The van der Waals surface area contributed by atoms with Gasteiger partial charge in [0.05, 0.1) is 5.69 Å². The molecule has 0 spiro atoms. The van der Waals surface area contributed by atoms with E-state index in [1.165, 1.54) is 16.7 Å². The second kappa shape index (κ2) is 5.11. The van der Waals surface area contributed by atoms with Crippen LogP contribution < -0.4 is 0 Å². The number of nitrogens with zero attached hydrogens (tertiary/aromatic N) is 3. The number of fused-ring (bicyclic) bond motifs is 1. The van der Waals surface area contributed by atoms with Crippen LogP contribution in [0.15, 0.2) is 73.3 Å². The van der Waals surface area contributed by atoms with E-state index in [9.17, 15) is 0 Å². The van der Waals surface area contributed by atoms with Crippen molar-refractivity contribution in [2.75, 3.05) is 0 Å². The number of aromatic nitrogens is 3. The first kappa shape index (κ1) is 12.8. The Hall–Kier alpha value is -2.94. The van der Waals surface area contributed by atoms with Gasteiger partial charge in [-0.25, -0.2) is 4.98 Å². The number of aryl methyl sites for hydroxylation is 1. The maximum absolute atomic E-state index is 4.71. The van der Waals surface area contributed by atoms with Gasteiger partial charge in [-0.05, 0) is 60.0 Å². The number of hydrogen-bond donors (Lipinski definition) is 0. The fourth-order valence-electron chi connectivity index (χ4n) is 2.72. The Kier molecular flexibility index (Phi) is 2.97. The van der Waals surface area contributed by atoms with E-state index < -0.39 is 0 Å². The van der Waals surface area contributed by atoms with Gasteiger partial charge in [-0.15, -0.1) is 0 Å². The molecule has 0 radical (unpaired) electrons. The predicted octanol–water partition coefficient (Wildman–Crippen LogP) is 4.37. The molecule has 0 aliphatic rings. The summed E-state index contributed by atoms with van der Waals surface area (Å²) in [4.78, 5) is 8.80. The third kappa shape index (κ3) is 2.27. The maximum Gasteiger partial charge on any atom is 0.137 e. The van der Waals surface area contributed by atoms with Crippen LogP contribution in [0.5, 0.6) is 0 Å². The fraction of sp³-hybridized carbons (Fsp3) is 0.0526. The molecular weight excluding hydrogens is 270 g/mol. The third-order valence-corrected chi connectivity index (χ3v) is 3.75. The van der Waals surface area contributed by atoms with E-state index in [1.54, 1.807) is 0 Å². The number of imidazole rings is 1. The Morgan fingerprint density at radius 3 is 2.50 bits per heavy atom. The van der Waals surface area contributed by atoms with E-state index in [1.807, 2.05) is 53.3 Å². The van der Waals surface area contributed by atoms with E-state index in [0.29, 0.717) is 0 Å². The molecule has 0 saturated heterocycles. The highest BCUT2D eigenvalue weighted by Crippen LogP contribution is 2.27. The largest absolute Gasteiger partial charge is 0.306 e. The highest BCUT2D eigenvalue weighted by atomic mass is 15.0. The first-order valence-corrected chi connectivity index (χ1v) is 7.26. The van der Waals surface area contributed by atoms with E-state index >= 15 is 0 Å². The molecule has 0 unspecified atom stereocenters. The fourth-order valence-corrected chi connectivity index (χ4v) is 2.72. The van der Waals surface area contributed by atoms with Gasteiger partial charge in [0.25, 0.3) is 0 Å². The van der Waals surface area contributed by atoms with Crippen molar-refractivity contribution >= 4 is 5.65 Å². The summed E-state index contributed by atoms with van der Waals surface area (Å²) in [5.74, 6) is 0. The summed E-state index contributed by atoms with van der Waals surface area (Å²) < 4.78 is 2.05. The Bertz CT molecular complexity index is 906. The number of hydrogen-bond acceptors (Lipinski definition) is 2. The van der Waals surface area contributed by atoms with Crippen molar-refractivity contribution in [2.45, 2.75) is 6.92 Å². The van der Waals surface area contributed by atoms with Crippen molar-refractivity contribution in [1.29, 1.82) is 0 Å². The van der Waals surface area contributed by atoms with Crippen LogP contribution in [0.4, 0.5) is 0 Å². The lowest BCUT2D eigenvalue weighted by Gasteiger charge is -2.06. The zero-order valence-corrected chi connectivity index (χ0v) is 12.3. The molecule has 3 heterocycles. The molecule has 0 N–H and O–H groups in total. The van der Waals surface area contributed by atoms with Crippen LogP contribution in [0.2, 0.25) is 0 Å². The molecule has 0 aliphatic carbocycles. The van der Waals surface area contributed by atoms with Gasteiger partial charge in [-0.1, -0.05) is 12.1 Å². The quantitative estimate of drug-likeness (QED) is 0.547. The summed E-state index contributed by atoms with van der Waals surface area (Å²) in [7, 11) is 0. The summed E-state index contributed by atoms with van der Waals surface area (Å²) in [5, 5.41) is 0. The minimum Gasteiger partial charge on any atom is -0.306 e. The SMILES string of the molecule is Cc1cc(-c2ccncc2)cc(-c2cn3ccccc3n2)c1. The first-order chi connectivity index (χ1) is 10.8. The molecule has 4 aromatic rings. The molecule has 0 fully saturated rings. The predicted molar refractivity (Wildman–Crippen MR) is 88.6 cm³/mol. The molecule has 106 valence electrons. The second-order valence-electron chi connectivity index (χ2n) is 5.42. The number of rotatable bonds is 2. The monoisotopic (exact) mass is 285 g/mol. The molecule has 3 heteroatoms. The summed E-state index contributed by atoms with van der Waals surface area (Å²) in [6.07, 6.45) is 7.73. The van der Waals surface area contributed by atoms with E-state index in [-0.39, 0.29) is 0 Å². The van der Waals surface area contributed by atoms with Gasteiger partial charge in [0.1, 0.15) is 5.65 Å². The van der Waals surface area contributed by atoms with Crippen molar-refractivity contribution in [3.63, 3.8) is 0 Å². The summed E-state index contributed by atoms with van der Waals surface area (Å²) >= 11 is 0. The highest BCUT2D eigenvalue weighted by Gasteiger charge is 2.07. The number of benzene rings is 1. The lowest BCUT2D eigenvalue weighted by Crippen LogP contribution is -1.85. The summed E-state index contributed by atoms with van der Waals surface area (Å²) in [6, 6.07) is 16.6. The van der Waals surface area contributed by atoms with Gasteiger partial charge in [-0.3, -0.25) is 4.98 Å². The first-order valence-electron chi connectivity index (χ1n) is 7.26. The number of pyridine rings is 2. The Morgan fingerprint density at radius 1 is 0.864 bits per heavy atom. The van der Waals surface area contributed by atoms with Gasteiger partial charge in [-0.2, -0.15) is 0 Å². The summed E-state index contributed by atoms with van der Waals surface area (Å²) in [5.41, 5.74) is 6.67. The molecular formula is C19H15N3. The van der Waals surface area contributed by atoms with Gasteiger partial charge < -0.3 is 4.40 Å². The maximum atomic E-state index is 4.71. The van der Waals surface area contributed by atoms with Crippen LogP contribution in [-0.4, -0.2) is 14.4 Å². The van der Waals surface area contributed by atoms with Crippen LogP contribution in [0.3, 0.4) is 0 Å². The zero-order chi connectivity index (χ0) is 14.9. The summed E-state index contributed by atoms with van der Waals surface area (Å²) in [6.45, 7) is 2.12. The molecule has 3 nitrogen and oxygen atoms in total. The van der Waals surface area contributed by atoms with Gasteiger partial charge >= 0.3 is 0 Å². The van der Waals surface area contributed by atoms with Crippen LogP contribution in [0.1, 0.15) is 5.56 Å². The van der Waals surface area contributed by atoms with Crippen molar-refractivity contribution in [2.24, 2.45) is 0 Å². The van der Waals surface area contributed by atoms with Crippen LogP contribution >= 0.6 is 0 Å². The van der Waals surface area contributed by atoms with Gasteiger partial charge in [0.15, 0.2) is 0 Å². The Morgan fingerprint density at radius 2 is 1.68 bits per heavy atom. The average molecular weight is 285 g/mol. The molecule has 22 heavy (non-hydrogen) atoms. The Labute approximate surface area is 128 Å². The topological polar surface area (TPSA) is 30.2 Å². The van der Waals surface area contributed by atoms with Crippen LogP contribution in [0, 0.1) is 6.92 Å². The van der Waals surface area contributed by atoms with Crippen LogP contribution in [-0.2, 0) is 0 Å². The smallest absolute Gasteiger partial charge is 0.137 e. The van der Waals surface area contributed by atoms with Crippen molar-refractivity contribution < 1.29 is 0 Å². The Balaban J connectivity index is 1.86.